The van der Waals surface area contributed by atoms with E-state index in [2.05, 4.69) is 41.1 Å². The second-order valence-electron chi connectivity index (χ2n) is 7.43. The van der Waals surface area contributed by atoms with Crippen molar-refractivity contribution >= 4 is 17.5 Å². The molecule has 2 aliphatic rings. The van der Waals surface area contributed by atoms with Crippen molar-refractivity contribution < 1.29 is 14.3 Å². The third-order valence-electron chi connectivity index (χ3n) is 5.42. The highest BCUT2D eigenvalue weighted by molar-refractivity contribution is 5.96. The lowest BCUT2D eigenvalue weighted by atomic mass is 10.2. The minimum Gasteiger partial charge on any atom is -0.378 e. The summed E-state index contributed by atoms with van der Waals surface area (Å²) in [5.41, 5.74) is 3.06. The quantitative estimate of drug-likeness (QED) is 0.795. The molecule has 2 aromatic rings. The first-order chi connectivity index (χ1) is 14.1. The van der Waals surface area contributed by atoms with Crippen molar-refractivity contribution in [2.75, 3.05) is 57.4 Å². The van der Waals surface area contributed by atoms with Crippen molar-refractivity contribution in [3.8, 4) is 0 Å². The zero-order valence-corrected chi connectivity index (χ0v) is 16.7. The number of carbonyl (C=O) groups excluding carboxylic acids is 2. The molecule has 0 atom stereocenters. The Balaban J connectivity index is 1.40. The second-order valence-corrected chi connectivity index (χ2v) is 7.43. The molecule has 1 aromatic heterocycles. The molecule has 0 spiro atoms. The Morgan fingerprint density at radius 3 is 2.03 bits per heavy atom. The average Bonchev–Trinajstić information content (AvgIpc) is 2.79. The van der Waals surface area contributed by atoms with Crippen LogP contribution in [0.2, 0.25) is 0 Å². The molecule has 7 nitrogen and oxygen atoms in total. The number of nitrogens with zero attached hydrogens (tertiary/aromatic N) is 4. The Kier molecular flexibility index (Phi) is 5.76. The monoisotopic (exact) mass is 394 g/mol. The highest BCUT2D eigenvalue weighted by atomic mass is 16.5. The van der Waals surface area contributed by atoms with Gasteiger partial charge in [-0.2, -0.15) is 0 Å². The van der Waals surface area contributed by atoms with Crippen LogP contribution in [0, 0.1) is 6.92 Å². The van der Waals surface area contributed by atoms with E-state index in [-0.39, 0.29) is 11.8 Å². The summed E-state index contributed by atoms with van der Waals surface area (Å²) in [6.07, 6.45) is 0. The Labute approximate surface area is 170 Å². The SMILES string of the molecule is Cc1cccc(N2CCN(C(=O)c3cccc(C(=O)N4CCOCC4)n3)CC2)c1. The summed E-state index contributed by atoms with van der Waals surface area (Å²) in [4.78, 5) is 35.8. The molecular formula is C22H26N4O3. The van der Waals surface area contributed by atoms with Gasteiger partial charge in [0.15, 0.2) is 0 Å². The van der Waals surface area contributed by atoms with Crippen molar-refractivity contribution in [3.05, 3.63) is 59.4 Å². The van der Waals surface area contributed by atoms with E-state index in [0.29, 0.717) is 50.8 Å². The molecule has 0 N–H and O–H groups in total. The van der Waals surface area contributed by atoms with Crippen LogP contribution in [0.15, 0.2) is 42.5 Å². The van der Waals surface area contributed by atoms with Crippen LogP contribution < -0.4 is 4.90 Å². The molecule has 0 bridgehead atoms. The largest absolute Gasteiger partial charge is 0.378 e. The van der Waals surface area contributed by atoms with Gasteiger partial charge in [0.05, 0.1) is 13.2 Å². The number of hydrogen-bond donors (Lipinski definition) is 0. The summed E-state index contributed by atoms with van der Waals surface area (Å²) in [5.74, 6) is -0.266. The maximum Gasteiger partial charge on any atom is 0.272 e. The number of hydrogen-bond acceptors (Lipinski definition) is 5. The van der Waals surface area contributed by atoms with Crippen LogP contribution in [0.4, 0.5) is 5.69 Å². The van der Waals surface area contributed by atoms with Gasteiger partial charge in [-0.1, -0.05) is 18.2 Å². The summed E-state index contributed by atoms with van der Waals surface area (Å²) in [6, 6.07) is 13.5. The molecular weight excluding hydrogens is 368 g/mol. The van der Waals surface area contributed by atoms with Crippen molar-refractivity contribution in [2.45, 2.75) is 6.92 Å². The number of rotatable bonds is 3. The van der Waals surface area contributed by atoms with E-state index in [4.69, 9.17) is 4.74 Å². The standard InChI is InChI=1S/C22H26N4O3/c1-17-4-2-5-18(16-17)24-8-10-25(11-9-24)21(27)19-6-3-7-20(23-19)22(28)26-12-14-29-15-13-26/h2-7,16H,8-15H2,1H3. The summed E-state index contributed by atoms with van der Waals surface area (Å²) in [5, 5.41) is 0. The van der Waals surface area contributed by atoms with E-state index in [1.54, 1.807) is 23.1 Å². The molecule has 2 amide bonds. The molecule has 29 heavy (non-hydrogen) atoms. The van der Waals surface area contributed by atoms with E-state index >= 15 is 0 Å². The van der Waals surface area contributed by atoms with Crippen LogP contribution in [-0.2, 0) is 4.74 Å². The van der Waals surface area contributed by atoms with E-state index in [1.165, 1.54) is 11.3 Å². The molecule has 0 aliphatic carbocycles. The first-order valence-corrected chi connectivity index (χ1v) is 10.1. The van der Waals surface area contributed by atoms with Gasteiger partial charge in [0, 0.05) is 45.0 Å². The number of anilines is 1. The fraction of sp³-hybridized carbons (Fsp3) is 0.409. The van der Waals surface area contributed by atoms with E-state index in [9.17, 15) is 9.59 Å². The number of morpholine rings is 1. The van der Waals surface area contributed by atoms with Crippen molar-refractivity contribution in [3.63, 3.8) is 0 Å². The third kappa shape index (κ3) is 4.40. The van der Waals surface area contributed by atoms with Crippen LogP contribution in [0.25, 0.3) is 0 Å². The molecule has 0 radical (unpaired) electrons. The molecule has 2 aliphatic heterocycles. The van der Waals surface area contributed by atoms with Gasteiger partial charge in [0.2, 0.25) is 0 Å². The molecule has 1 aromatic carbocycles. The van der Waals surface area contributed by atoms with Gasteiger partial charge in [-0.3, -0.25) is 9.59 Å². The number of piperazine rings is 1. The molecule has 2 fully saturated rings. The molecule has 2 saturated heterocycles. The van der Waals surface area contributed by atoms with Crippen molar-refractivity contribution in [2.24, 2.45) is 0 Å². The van der Waals surface area contributed by atoms with E-state index < -0.39 is 0 Å². The number of aryl methyl sites for hydroxylation is 1. The number of aromatic nitrogens is 1. The lowest BCUT2D eigenvalue weighted by Crippen LogP contribution is -2.49. The second kappa shape index (κ2) is 8.61. The van der Waals surface area contributed by atoms with Crippen LogP contribution in [-0.4, -0.2) is 79.1 Å². The predicted molar refractivity (Wildman–Crippen MR) is 110 cm³/mol. The third-order valence-corrected chi connectivity index (χ3v) is 5.42. The Hall–Kier alpha value is -2.93. The van der Waals surface area contributed by atoms with Gasteiger partial charge in [-0.05, 0) is 36.8 Å². The first-order valence-electron chi connectivity index (χ1n) is 10.1. The number of ether oxygens (including phenoxy) is 1. The lowest BCUT2D eigenvalue weighted by Gasteiger charge is -2.36. The topological polar surface area (TPSA) is 66.0 Å². The lowest BCUT2D eigenvalue weighted by molar-refractivity contribution is 0.0299. The van der Waals surface area contributed by atoms with Crippen LogP contribution in [0.5, 0.6) is 0 Å². The normalized spacial score (nSPS) is 17.3. The first kappa shape index (κ1) is 19.4. The Bertz CT molecular complexity index is 887. The summed E-state index contributed by atoms with van der Waals surface area (Å²) in [7, 11) is 0. The summed E-state index contributed by atoms with van der Waals surface area (Å²) >= 11 is 0. The predicted octanol–water partition coefficient (Wildman–Crippen LogP) is 1.82. The summed E-state index contributed by atoms with van der Waals surface area (Å²) in [6.45, 7) is 7.10. The fourth-order valence-electron chi connectivity index (χ4n) is 3.76. The van der Waals surface area contributed by atoms with Crippen LogP contribution >= 0.6 is 0 Å². The van der Waals surface area contributed by atoms with Crippen molar-refractivity contribution in [1.29, 1.82) is 0 Å². The van der Waals surface area contributed by atoms with Gasteiger partial charge in [-0.15, -0.1) is 0 Å². The van der Waals surface area contributed by atoms with Gasteiger partial charge < -0.3 is 19.4 Å². The zero-order valence-electron chi connectivity index (χ0n) is 16.7. The average molecular weight is 394 g/mol. The Morgan fingerprint density at radius 2 is 1.41 bits per heavy atom. The molecule has 152 valence electrons. The molecule has 0 saturated carbocycles. The number of pyridine rings is 1. The van der Waals surface area contributed by atoms with Gasteiger partial charge in [0.1, 0.15) is 11.4 Å². The smallest absolute Gasteiger partial charge is 0.272 e. The molecule has 4 rings (SSSR count). The number of benzene rings is 1. The molecule has 3 heterocycles. The zero-order chi connectivity index (χ0) is 20.2. The van der Waals surface area contributed by atoms with E-state index in [0.717, 1.165) is 13.1 Å². The minimum absolute atomic E-state index is 0.120. The van der Waals surface area contributed by atoms with Gasteiger partial charge in [0.25, 0.3) is 11.8 Å². The minimum atomic E-state index is -0.146. The highest BCUT2D eigenvalue weighted by Crippen LogP contribution is 2.18. The van der Waals surface area contributed by atoms with Gasteiger partial charge >= 0.3 is 0 Å². The molecule has 7 heteroatoms. The fourth-order valence-corrected chi connectivity index (χ4v) is 3.76. The maximum atomic E-state index is 12.9. The maximum absolute atomic E-state index is 12.9. The van der Waals surface area contributed by atoms with Crippen molar-refractivity contribution in [1.82, 2.24) is 14.8 Å². The van der Waals surface area contributed by atoms with Crippen LogP contribution in [0.1, 0.15) is 26.5 Å². The highest BCUT2D eigenvalue weighted by Gasteiger charge is 2.25. The number of carbonyl (C=O) groups is 2. The Morgan fingerprint density at radius 1 is 0.828 bits per heavy atom. The van der Waals surface area contributed by atoms with Gasteiger partial charge in [-0.25, -0.2) is 4.98 Å². The summed E-state index contributed by atoms with van der Waals surface area (Å²) < 4.78 is 5.30. The number of amides is 2. The van der Waals surface area contributed by atoms with Crippen LogP contribution in [0.3, 0.4) is 0 Å². The van der Waals surface area contributed by atoms with E-state index in [1.807, 2.05) is 4.90 Å². The molecule has 0 unspecified atom stereocenters.